The Morgan fingerprint density at radius 3 is 2.10 bits per heavy atom. The number of carboxylic acid groups (broad SMARTS) is 1. The number of nitrogens with one attached hydrogen (secondary N) is 3. The van der Waals surface area contributed by atoms with Gasteiger partial charge in [0.05, 0.1) is 6.04 Å². The van der Waals surface area contributed by atoms with Crippen LogP contribution in [0.2, 0.25) is 5.02 Å². The van der Waals surface area contributed by atoms with Crippen molar-refractivity contribution in [2.45, 2.75) is 12.1 Å². The van der Waals surface area contributed by atoms with Crippen molar-refractivity contribution in [3.63, 3.8) is 0 Å². The zero-order valence-corrected chi connectivity index (χ0v) is 11.8. The van der Waals surface area contributed by atoms with Crippen molar-refractivity contribution in [2.24, 2.45) is 0 Å². The van der Waals surface area contributed by atoms with Gasteiger partial charge in [0.15, 0.2) is 0 Å². The minimum Gasteiger partial charge on any atom is -0.480 e. The van der Waals surface area contributed by atoms with Gasteiger partial charge in [-0.25, -0.2) is 10.9 Å². The van der Waals surface area contributed by atoms with Crippen LogP contribution in [0.5, 0.6) is 0 Å². The zero-order chi connectivity index (χ0) is 14.8. The molecular formula is C15H14ClN3O2. The summed E-state index contributed by atoms with van der Waals surface area (Å²) in [5, 5.41) is 9.85. The Hall–Kier alpha value is -1.92. The maximum absolute atomic E-state index is 11.2. The van der Waals surface area contributed by atoms with Gasteiger partial charge in [-0.05, 0) is 28.8 Å². The smallest absolute Gasteiger partial charge is 0.324 e. The molecule has 1 heterocycles. The summed E-state index contributed by atoms with van der Waals surface area (Å²) in [4.78, 5) is 11.2. The van der Waals surface area contributed by atoms with E-state index in [0.717, 1.165) is 16.7 Å². The average Bonchev–Trinajstić information content (AvgIpc) is 2.98. The minimum atomic E-state index is -0.903. The molecule has 1 fully saturated rings. The minimum absolute atomic E-state index is 0.318. The van der Waals surface area contributed by atoms with E-state index in [1.54, 1.807) is 0 Å². The highest BCUT2D eigenvalue weighted by atomic mass is 35.5. The van der Waals surface area contributed by atoms with Gasteiger partial charge in [0.1, 0.15) is 6.04 Å². The van der Waals surface area contributed by atoms with Crippen molar-refractivity contribution < 1.29 is 9.90 Å². The van der Waals surface area contributed by atoms with E-state index in [2.05, 4.69) is 16.4 Å². The van der Waals surface area contributed by atoms with E-state index in [-0.39, 0.29) is 6.04 Å². The first-order valence-electron chi connectivity index (χ1n) is 6.50. The van der Waals surface area contributed by atoms with Gasteiger partial charge in [0, 0.05) is 5.02 Å². The number of aliphatic carboxylic acids is 1. The molecule has 21 heavy (non-hydrogen) atoms. The van der Waals surface area contributed by atoms with E-state index in [1.807, 2.05) is 48.5 Å². The fourth-order valence-corrected chi connectivity index (χ4v) is 2.50. The number of benzene rings is 2. The van der Waals surface area contributed by atoms with E-state index < -0.39 is 12.0 Å². The monoisotopic (exact) mass is 303 g/mol. The summed E-state index contributed by atoms with van der Waals surface area (Å²) in [6.45, 7) is 0. The van der Waals surface area contributed by atoms with Crippen molar-refractivity contribution in [3.8, 4) is 11.1 Å². The molecule has 2 unspecified atom stereocenters. The van der Waals surface area contributed by atoms with E-state index in [0.29, 0.717) is 5.02 Å². The summed E-state index contributed by atoms with van der Waals surface area (Å²) in [5.41, 5.74) is 11.3. The molecule has 2 aromatic rings. The molecule has 1 saturated heterocycles. The lowest BCUT2D eigenvalue weighted by Crippen LogP contribution is -2.38. The normalized spacial score (nSPS) is 21.4. The summed E-state index contributed by atoms with van der Waals surface area (Å²) in [5.74, 6) is -0.903. The number of carboxylic acids is 1. The van der Waals surface area contributed by atoms with Gasteiger partial charge in [0.25, 0.3) is 0 Å². The first-order chi connectivity index (χ1) is 10.1. The fraction of sp³-hybridized carbons (Fsp3) is 0.133. The Morgan fingerprint density at radius 2 is 1.52 bits per heavy atom. The fourth-order valence-electron chi connectivity index (χ4n) is 2.37. The van der Waals surface area contributed by atoms with Crippen LogP contribution in [0.25, 0.3) is 11.1 Å². The Balaban J connectivity index is 1.84. The summed E-state index contributed by atoms with van der Waals surface area (Å²) < 4.78 is 0. The third-order valence-electron chi connectivity index (χ3n) is 3.50. The Morgan fingerprint density at radius 1 is 0.952 bits per heavy atom. The van der Waals surface area contributed by atoms with Crippen LogP contribution in [0.1, 0.15) is 11.6 Å². The molecule has 0 radical (unpaired) electrons. The van der Waals surface area contributed by atoms with E-state index >= 15 is 0 Å². The van der Waals surface area contributed by atoms with Crippen LogP contribution in [0, 0.1) is 0 Å². The van der Waals surface area contributed by atoms with Crippen LogP contribution in [-0.4, -0.2) is 17.1 Å². The first kappa shape index (κ1) is 14.0. The Kier molecular flexibility index (Phi) is 3.90. The molecule has 5 nitrogen and oxygen atoms in total. The molecule has 0 amide bonds. The van der Waals surface area contributed by atoms with Gasteiger partial charge < -0.3 is 5.11 Å². The molecule has 2 atom stereocenters. The second-order valence-corrected chi connectivity index (χ2v) is 5.27. The molecule has 0 aromatic heterocycles. The molecule has 6 heteroatoms. The van der Waals surface area contributed by atoms with Gasteiger partial charge in [-0.2, -0.15) is 5.53 Å². The number of rotatable bonds is 3. The topological polar surface area (TPSA) is 73.4 Å². The number of carbonyl (C=O) groups is 1. The van der Waals surface area contributed by atoms with Crippen molar-refractivity contribution in [3.05, 3.63) is 59.1 Å². The van der Waals surface area contributed by atoms with Crippen LogP contribution in [0.15, 0.2) is 48.5 Å². The number of halogens is 1. The predicted octanol–water partition coefficient (Wildman–Crippen LogP) is 2.11. The molecule has 108 valence electrons. The quantitative estimate of drug-likeness (QED) is 0.699. The molecule has 2 aromatic carbocycles. The van der Waals surface area contributed by atoms with Crippen molar-refractivity contribution in [2.75, 3.05) is 0 Å². The summed E-state index contributed by atoms with van der Waals surface area (Å²) >= 11 is 5.88. The molecule has 1 aliphatic rings. The van der Waals surface area contributed by atoms with Gasteiger partial charge in [-0.1, -0.05) is 48.0 Å². The molecule has 0 spiro atoms. The van der Waals surface area contributed by atoms with E-state index in [9.17, 15) is 4.79 Å². The highest BCUT2D eigenvalue weighted by molar-refractivity contribution is 6.30. The number of hydrogen-bond acceptors (Lipinski definition) is 4. The third kappa shape index (κ3) is 2.91. The molecule has 1 aliphatic heterocycles. The third-order valence-corrected chi connectivity index (χ3v) is 3.75. The highest BCUT2D eigenvalue weighted by Crippen LogP contribution is 2.25. The molecule has 0 saturated carbocycles. The second-order valence-electron chi connectivity index (χ2n) is 4.84. The van der Waals surface area contributed by atoms with Crippen LogP contribution in [0.3, 0.4) is 0 Å². The van der Waals surface area contributed by atoms with E-state index in [4.69, 9.17) is 16.7 Å². The van der Waals surface area contributed by atoms with Gasteiger partial charge in [0.2, 0.25) is 0 Å². The van der Waals surface area contributed by atoms with Crippen LogP contribution < -0.4 is 16.4 Å². The van der Waals surface area contributed by atoms with Crippen LogP contribution in [-0.2, 0) is 4.79 Å². The van der Waals surface area contributed by atoms with Crippen LogP contribution in [0.4, 0.5) is 0 Å². The second kappa shape index (κ2) is 5.83. The maximum atomic E-state index is 11.2. The Bertz CT molecular complexity index is 643. The maximum Gasteiger partial charge on any atom is 0.324 e. The van der Waals surface area contributed by atoms with Gasteiger partial charge in [-0.15, -0.1) is 0 Å². The molecule has 0 bridgehead atoms. The molecule has 4 N–H and O–H groups in total. The SMILES string of the molecule is O=C(O)C1NNNC1c1ccc(-c2ccc(Cl)cc2)cc1. The lowest BCUT2D eigenvalue weighted by Gasteiger charge is -2.15. The highest BCUT2D eigenvalue weighted by Gasteiger charge is 2.33. The predicted molar refractivity (Wildman–Crippen MR) is 80.5 cm³/mol. The summed E-state index contributed by atoms with van der Waals surface area (Å²) in [6, 6.07) is 14.4. The summed E-state index contributed by atoms with van der Waals surface area (Å²) in [6.07, 6.45) is 0. The molecule has 3 rings (SSSR count). The number of hydrazine groups is 2. The lowest BCUT2D eigenvalue weighted by atomic mass is 9.97. The van der Waals surface area contributed by atoms with Crippen molar-refractivity contribution >= 4 is 17.6 Å². The Labute approximate surface area is 126 Å². The standard InChI is InChI=1S/C15H14ClN3O2/c16-12-7-5-10(6-8-12)9-1-3-11(4-2-9)13-14(15(20)21)18-19-17-13/h1-8,13-14,17-19H,(H,20,21). The molecular weight excluding hydrogens is 290 g/mol. The van der Waals surface area contributed by atoms with Crippen molar-refractivity contribution in [1.82, 2.24) is 16.4 Å². The van der Waals surface area contributed by atoms with Gasteiger partial charge in [-0.3, -0.25) is 4.79 Å². The van der Waals surface area contributed by atoms with E-state index in [1.165, 1.54) is 0 Å². The average molecular weight is 304 g/mol. The largest absolute Gasteiger partial charge is 0.480 e. The summed E-state index contributed by atoms with van der Waals surface area (Å²) in [7, 11) is 0. The zero-order valence-electron chi connectivity index (χ0n) is 11.0. The molecule has 0 aliphatic carbocycles. The van der Waals surface area contributed by atoms with Gasteiger partial charge >= 0.3 is 5.97 Å². The van der Waals surface area contributed by atoms with Crippen LogP contribution >= 0.6 is 11.6 Å². The number of hydrogen-bond donors (Lipinski definition) is 4. The van der Waals surface area contributed by atoms with Crippen molar-refractivity contribution in [1.29, 1.82) is 0 Å². The lowest BCUT2D eigenvalue weighted by molar-refractivity contribution is -0.139. The first-order valence-corrected chi connectivity index (χ1v) is 6.88.